The summed E-state index contributed by atoms with van der Waals surface area (Å²) >= 11 is 7.90. The molecule has 1 amide bonds. The molecule has 0 saturated carbocycles. The third-order valence-electron chi connectivity index (χ3n) is 4.80. The highest BCUT2D eigenvalue weighted by Crippen LogP contribution is 2.32. The van der Waals surface area contributed by atoms with E-state index in [9.17, 15) is 4.79 Å². The van der Waals surface area contributed by atoms with E-state index in [1.807, 2.05) is 48.2 Å². The predicted octanol–water partition coefficient (Wildman–Crippen LogP) is 4.83. The molecule has 2 aromatic carbocycles. The van der Waals surface area contributed by atoms with Crippen molar-refractivity contribution in [1.82, 2.24) is 4.90 Å². The zero-order valence-electron chi connectivity index (χ0n) is 14.0. The maximum atomic E-state index is 13.0. The van der Waals surface area contributed by atoms with E-state index in [-0.39, 0.29) is 5.91 Å². The largest absolute Gasteiger partial charge is 0.367 e. The van der Waals surface area contributed by atoms with Crippen LogP contribution < -0.4 is 4.90 Å². The summed E-state index contributed by atoms with van der Waals surface area (Å²) in [5.41, 5.74) is 2.15. The lowest BCUT2D eigenvalue weighted by molar-refractivity contribution is 0.0751. The van der Waals surface area contributed by atoms with Crippen LogP contribution in [-0.4, -0.2) is 37.0 Å². The molecule has 2 heterocycles. The predicted molar refractivity (Wildman–Crippen MR) is 106 cm³/mol. The second-order valence-corrected chi connectivity index (χ2v) is 7.74. The van der Waals surface area contributed by atoms with Crippen LogP contribution in [0.4, 0.5) is 5.69 Å². The molecular weight excluding hydrogens is 352 g/mol. The summed E-state index contributed by atoms with van der Waals surface area (Å²) in [5.74, 6) is 0.150. The van der Waals surface area contributed by atoms with E-state index in [1.165, 1.54) is 10.1 Å². The maximum Gasteiger partial charge on any atom is 0.264 e. The summed E-state index contributed by atoms with van der Waals surface area (Å²) in [6, 6.07) is 16.1. The molecule has 0 N–H and O–H groups in total. The van der Waals surface area contributed by atoms with Crippen molar-refractivity contribution < 1.29 is 4.79 Å². The second-order valence-electron chi connectivity index (χ2n) is 6.28. The van der Waals surface area contributed by atoms with Crippen LogP contribution in [-0.2, 0) is 0 Å². The Kier molecular flexibility index (Phi) is 4.40. The van der Waals surface area contributed by atoms with Gasteiger partial charge in [0.15, 0.2) is 0 Å². The second kappa shape index (κ2) is 6.70. The molecule has 3 nitrogen and oxygen atoms in total. The van der Waals surface area contributed by atoms with Gasteiger partial charge in [-0.05, 0) is 36.1 Å². The van der Waals surface area contributed by atoms with E-state index in [0.717, 1.165) is 47.3 Å². The smallest absolute Gasteiger partial charge is 0.264 e. The molecule has 0 atom stereocenters. The van der Waals surface area contributed by atoms with Crippen molar-refractivity contribution in [2.24, 2.45) is 0 Å². The quantitative estimate of drug-likeness (QED) is 0.645. The number of fused-ring (bicyclic) bond motifs is 1. The number of halogens is 1. The molecule has 1 aliphatic heterocycles. The van der Waals surface area contributed by atoms with E-state index in [1.54, 1.807) is 11.3 Å². The molecule has 25 heavy (non-hydrogen) atoms. The Bertz CT molecular complexity index is 928. The minimum Gasteiger partial charge on any atom is -0.367 e. The van der Waals surface area contributed by atoms with E-state index in [2.05, 4.69) is 17.0 Å². The van der Waals surface area contributed by atoms with Crippen LogP contribution in [0.3, 0.4) is 0 Å². The Balaban J connectivity index is 1.51. The van der Waals surface area contributed by atoms with E-state index >= 15 is 0 Å². The van der Waals surface area contributed by atoms with Crippen molar-refractivity contribution in [3.8, 4) is 0 Å². The van der Waals surface area contributed by atoms with Crippen molar-refractivity contribution in [1.29, 1.82) is 0 Å². The van der Waals surface area contributed by atoms with Crippen molar-refractivity contribution in [2.45, 2.75) is 6.92 Å². The number of amides is 1. The Morgan fingerprint density at radius 2 is 1.68 bits per heavy atom. The van der Waals surface area contributed by atoms with E-state index in [0.29, 0.717) is 0 Å². The van der Waals surface area contributed by atoms with Crippen molar-refractivity contribution >= 4 is 44.6 Å². The number of carbonyl (C=O) groups excluding carboxylic acids is 1. The van der Waals surface area contributed by atoms with Crippen LogP contribution in [0, 0.1) is 6.92 Å². The van der Waals surface area contributed by atoms with Gasteiger partial charge in [-0.1, -0.05) is 41.9 Å². The average Bonchev–Trinajstić information content (AvgIpc) is 2.99. The van der Waals surface area contributed by atoms with Crippen molar-refractivity contribution in [3.63, 3.8) is 0 Å². The van der Waals surface area contributed by atoms with E-state index < -0.39 is 0 Å². The first-order valence-corrected chi connectivity index (χ1v) is 9.61. The molecule has 0 unspecified atom stereocenters. The minimum atomic E-state index is 0.150. The van der Waals surface area contributed by atoms with E-state index in [4.69, 9.17) is 11.6 Å². The fourth-order valence-electron chi connectivity index (χ4n) is 3.38. The highest BCUT2D eigenvalue weighted by molar-refractivity contribution is 7.21. The average molecular weight is 371 g/mol. The molecule has 0 bridgehead atoms. The van der Waals surface area contributed by atoms with Gasteiger partial charge in [0.2, 0.25) is 0 Å². The first-order valence-electron chi connectivity index (χ1n) is 8.42. The number of carbonyl (C=O) groups is 1. The van der Waals surface area contributed by atoms with Gasteiger partial charge < -0.3 is 9.80 Å². The van der Waals surface area contributed by atoms with Gasteiger partial charge in [-0.15, -0.1) is 11.3 Å². The summed E-state index contributed by atoms with van der Waals surface area (Å²) in [5, 5.41) is 1.95. The fourth-order valence-corrected chi connectivity index (χ4v) is 4.81. The van der Waals surface area contributed by atoms with Crippen LogP contribution in [0.1, 0.15) is 15.2 Å². The summed E-state index contributed by atoms with van der Waals surface area (Å²) < 4.78 is 1.18. The zero-order chi connectivity index (χ0) is 17.4. The monoisotopic (exact) mass is 370 g/mol. The third kappa shape index (κ3) is 3.00. The molecule has 0 spiro atoms. The Morgan fingerprint density at radius 1 is 1.00 bits per heavy atom. The molecule has 1 fully saturated rings. The lowest BCUT2D eigenvalue weighted by Gasteiger charge is -2.36. The summed E-state index contributed by atoms with van der Waals surface area (Å²) in [7, 11) is 0. The van der Waals surface area contributed by atoms with Gasteiger partial charge >= 0.3 is 0 Å². The van der Waals surface area contributed by atoms with Crippen LogP contribution >= 0.6 is 22.9 Å². The van der Waals surface area contributed by atoms with Crippen molar-refractivity contribution in [3.05, 3.63) is 64.0 Å². The Hall–Kier alpha value is -2.04. The lowest BCUT2D eigenvalue weighted by Crippen LogP contribution is -2.48. The van der Waals surface area contributed by atoms with Gasteiger partial charge in [0.1, 0.15) is 0 Å². The number of hydrogen-bond donors (Lipinski definition) is 0. The number of rotatable bonds is 2. The van der Waals surface area contributed by atoms with Gasteiger partial charge in [-0.25, -0.2) is 0 Å². The number of hydrogen-bond acceptors (Lipinski definition) is 3. The van der Waals surface area contributed by atoms with Crippen LogP contribution in [0.2, 0.25) is 5.02 Å². The standard InChI is InChI=1S/C20H19ClN2OS/c1-14-15-6-2-5-9-18(15)25-19(14)20(24)23-12-10-22(11-13-23)17-8-4-3-7-16(17)21/h2-9H,10-13H2,1H3. The van der Waals surface area contributed by atoms with Crippen LogP contribution in [0.15, 0.2) is 48.5 Å². The van der Waals surface area contributed by atoms with Crippen LogP contribution in [0.5, 0.6) is 0 Å². The first-order chi connectivity index (χ1) is 12.1. The molecule has 4 rings (SSSR count). The third-order valence-corrected chi connectivity index (χ3v) is 6.38. The summed E-state index contributed by atoms with van der Waals surface area (Å²) in [4.78, 5) is 18.1. The number of benzene rings is 2. The summed E-state index contributed by atoms with van der Waals surface area (Å²) in [6.45, 7) is 5.10. The molecule has 0 radical (unpaired) electrons. The number of anilines is 1. The van der Waals surface area contributed by atoms with Gasteiger partial charge in [0.25, 0.3) is 5.91 Å². The molecular formula is C20H19ClN2OS. The Labute approximate surface area is 156 Å². The molecule has 1 aliphatic rings. The number of piperazine rings is 1. The van der Waals surface area contributed by atoms with Gasteiger partial charge in [0.05, 0.1) is 15.6 Å². The topological polar surface area (TPSA) is 23.6 Å². The maximum absolute atomic E-state index is 13.0. The molecule has 0 aliphatic carbocycles. The van der Waals surface area contributed by atoms with Crippen molar-refractivity contribution in [2.75, 3.05) is 31.1 Å². The molecule has 128 valence electrons. The van der Waals surface area contributed by atoms with Gasteiger partial charge in [-0.2, -0.15) is 0 Å². The molecule has 5 heteroatoms. The zero-order valence-corrected chi connectivity index (χ0v) is 15.6. The Morgan fingerprint density at radius 3 is 2.40 bits per heavy atom. The molecule has 1 saturated heterocycles. The lowest BCUT2D eigenvalue weighted by atomic mass is 10.1. The number of thiophene rings is 1. The molecule has 3 aromatic rings. The van der Waals surface area contributed by atoms with Gasteiger partial charge in [-0.3, -0.25) is 4.79 Å². The first kappa shape index (κ1) is 16.4. The summed E-state index contributed by atoms with van der Waals surface area (Å²) in [6.07, 6.45) is 0. The number of aryl methyl sites for hydroxylation is 1. The highest BCUT2D eigenvalue weighted by Gasteiger charge is 2.25. The number of nitrogens with zero attached hydrogens (tertiary/aromatic N) is 2. The van der Waals surface area contributed by atoms with Crippen LogP contribution in [0.25, 0.3) is 10.1 Å². The normalized spacial score (nSPS) is 15.0. The minimum absolute atomic E-state index is 0.150. The fraction of sp³-hybridized carbons (Fsp3) is 0.250. The molecule has 1 aromatic heterocycles. The van der Waals surface area contributed by atoms with Gasteiger partial charge in [0, 0.05) is 30.9 Å². The SMILES string of the molecule is Cc1c(C(=O)N2CCN(c3ccccc3Cl)CC2)sc2ccccc12. The number of para-hydroxylation sites is 1. The highest BCUT2D eigenvalue weighted by atomic mass is 35.5.